The highest BCUT2D eigenvalue weighted by Gasteiger charge is 2.34. The number of urea groups is 1. The number of hydrogen-bond donors (Lipinski definition) is 2. The van der Waals surface area contributed by atoms with Gasteiger partial charge in [0.25, 0.3) is 0 Å². The molecule has 2 N–H and O–H groups in total. The standard InChI is InChI=1S/C14H26N2O4/c1-10(4-7-13(17)18)15-14(19)16(8-9-20-3)11(2)12-5-6-12/h10-12H,4-9H2,1-3H3,(H,15,19)(H,17,18). The summed E-state index contributed by atoms with van der Waals surface area (Å²) in [6.45, 7) is 4.96. The number of amides is 2. The second kappa shape index (κ2) is 8.09. The van der Waals surface area contributed by atoms with E-state index in [1.165, 1.54) is 12.8 Å². The van der Waals surface area contributed by atoms with Crippen molar-refractivity contribution < 1.29 is 19.4 Å². The molecule has 0 aromatic carbocycles. The van der Waals surface area contributed by atoms with Crippen molar-refractivity contribution in [1.82, 2.24) is 10.2 Å². The summed E-state index contributed by atoms with van der Waals surface area (Å²) in [5.74, 6) is -0.249. The van der Waals surface area contributed by atoms with E-state index >= 15 is 0 Å². The van der Waals surface area contributed by atoms with Crippen molar-refractivity contribution in [2.75, 3.05) is 20.3 Å². The van der Waals surface area contributed by atoms with Gasteiger partial charge in [0.15, 0.2) is 0 Å². The molecule has 2 unspecified atom stereocenters. The fourth-order valence-electron chi connectivity index (χ4n) is 2.22. The molecule has 2 atom stereocenters. The molecule has 0 bridgehead atoms. The number of nitrogens with zero attached hydrogens (tertiary/aromatic N) is 1. The average Bonchev–Trinajstić information content (AvgIpc) is 3.20. The third-order valence-electron chi connectivity index (χ3n) is 3.75. The van der Waals surface area contributed by atoms with Crippen LogP contribution in [-0.4, -0.2) is 54.4 Å². The van der Waals surface area contributed by atoms with Crippen LogP contribution < -0.4 is 5.32 Å². The van der Waals surface area contributed by atoms with Crippen molar-refractivity contribution >= 4 is 12.0 Å². The van der Waals surface area contributed by atoms with E-state index in [2.05, 4.69) is 12.2 Å². The van der Waals surface area contributed by atoms with Crippen molar-refractivity contribution in [3.63, 3.8) is 0 Å². The number of methoxy groups -OCH3 is 1. The van der Waals surface area contributed by atoms with Gasteiger partial charge >= 0.3 is 12.0 Å². The molecule has 1 rings (SSSR count). The van der Waals surface area contributed by atoms with Gasteiger partial charge in [0, 0.05) is 32.2 Å². The zero-order chi connectivity index (χ0) is 15.1. The van der Waals surface area contributed by atoms with E-state index in [0.29, 0.717) is 25.5 Å². The molecule has 1 aliphatic rings. The fourth-order valence-corrected chi connectivity index (χ4v) is 2.22. The second-order valence-electron chi connectivity index (χ2n) is 5.55. The van der Waals surface area contributed by atoms with Gasteiger partial charge in [-0.2, -0.15) is 0 Å². The minimum atomic E-state index is -0.839. The highest BCUT2D eigenvalue weighted by Crippen LogP contribution is 2.35. The van der Waals surface area contributed by atoms with Crippen LogP contribution in [0.4, 0.5) is 4.79 Å². The molecule has 0 heterocycles. The molecule has 0 radical (unpaired) electrons. The lowest BCUT2D eigenvalue weighted by atomic mass is 10.1. The summed E-state index contributed by atoms with van der Waals surface area (Å²) in [5, 5.41) is 11.5. The zero-order valence-corrected chi connectivity index (χ0v) is 12.6. The summed E-state index contributed by atoms with van der Waals surface area (Å²) in [6, 6.07) is -0.0637. The van der Waals surface area contributed by atoms with Gasteiger partial charge in [0.1, 0.15) is 0 Å². The van der Waals surface area contributed by atoms with Gasteiger partial charge in [-0.25, -0.2) is 4.79 Å². The molecule has 2 amide bonds. The molecule has 6 nitrogen and oxygen atoms in total. The average molecular weight is 286 g/mol. The summed E-state index contributed by atoms with van der Waals surface area (Å²) in [4.78, 5) is 24.6. The summed E-state index contributed by atoms with van der Waals surface area (Å²) in [6.07, 6.45) is 2.85. The first-order valence-electron chi connectivity index (χ1n) is 7.23. The molecule has 1 fully saturated rings. The largest absolute Gasteiger partial charge is 0.481 e. The Morgan fingerprint density at radius 2 is 2.05 bits per heavy atom. The van der Waals surface area contributed by atoms with E-state index in [0.717, 1.165) is 0 Å². The molecular weight excluding hydrogens is 260 g/mol. The molecule has 0 aromatic rings. The molecule has 6 heteroatoms. The first-order chi connectivity index (χ1) is 9.45. The number of carboxylic acids is 1. The number of carbonyl (C=O) groups is 2. The Morgan fingerprint density at radius 3 is 2.55 bits per heavy atom. The first-order valence-corrected chi connectivity index (χ1v) is 7.23. The van der Waals surface area contributed by atoms with Crippen molar-refractivity contribution in [3.05, 3.63) is 0 Å². The Morgan fingerprint density at radius 1 is 1.40 bits per heavy atom. The maximum Gasteiger partial charge on any atom is 0.317 e. The Labute approximate surface area is 120 Å². The normalized spacial score (nSPS) is 17.4. The summed E-state index contributed by atoms with van der Waals surface area (Å²) in [5.41, 5.74) is 0. The number of carboxylic acid groups (broad SMARTS) is 1. The monoisotopic (exact) mass is 286 g/mol. The number of aliphatic carboxylic acids is 1. The van der Waals surface area contributed by atoms with Crippen LogP contribution in [0.2, 0.25) is 0 Å². The third-order valence-corrected chi connectivity index (χ3v) is 3.75. The smallest absolute Gasteiger partial charge is 0.317 e. The molecule has 0 spiro atoms. The summed E-state index contributed by atoms with van der Waals surface area (Å²) >= 11 is 0. The number of carbonyl (C=O) groups excluding carboxylic acids is 1. The minimum Gasteiger partial charge on any atom is -0.481 e. The van der Waals surface area contributed by atoms with Crippen LogP contribution in [0.5, 0.6) is 0 Å². The SMILES string of the molecule is COCCN(C(=O)NC(C)CCC(=O)O)C(C)C1CC1. The summed E-state index contributed by atoms with van der Waals surface area (Å²) in [7, 11) is 1.62. The van der Waals surface area contributed by atoms with Crippen LogP contribution in [0.25, 0.3) is 0 Å². The number of ether oxygens (including phenoxy) is 1. The molecular formula is C14H26N2O4. The zero-order valence-electron chi connectivity index (χ0n) is 12.6. The van der Waals surface area contributed by atoms with E-state index in [1.807, 2.05) is 6.92 Å². The van der Waals surface area contributed by atoms with Gasteiger partial charge in [0.2, 0.25) is 0 Å². The van der Waals surface area contributed by atoms with Crippen LogP contribution in [-0.2, 0) is 9.53 Å². The minimum absolute atomic E-state index is 0.0672. The first kappa shape index (κ1) is 16.8. The number of rotatable bonds is 9. The quantitative estimate of drug-likeness (QED) is 0.676. The van der Waals surface area contributed by atoms with Crippen LogP contribution in [0.1, 0.15) is 39.5 Å². The van der Waals surface area contributed by atoms with E-state index in [1.54, 1.807) is 12.0 Å². The van der Waals surface area contributed by atoms with Gasteiger partial charge in [-0.1, -0.05) is 0 Å². The Kier molecular flexibility index (Phi) is 6.78. The van der Waals surface area contributed by atoms with Gasteiger partial charge in [0.05, 0.1) is 6.61 Å². The lowest BCUT2D eigenvalue weighted by Gasteiger charge is -2.30. The predicted octanol–water partition coefficient (Wildman–Crippen LogP) is 1.70. The van der Waals surface area contributed by atoms with Crippen LogP contribution in [0.3, 0.4) is 0 Å². The lowest BCUT2D eigenvalue weighted by Crippen LogP contribution is -2.49. The van der Waals surface area contributed by atoms with Crippen LogP contribution in [0, 0.1) is 5.92 Å². The van der Waals surface area contributed by atoms with Crippen molar-refractivity contribution in [2.45, 2.75) is 51.6 Å². The predicted molar refractivity (Wildman–Crippen MR) is 75.6 cm³/mol. The lowest BCUT2D eigenvalue weighted by molar-refractivity contribution is -0.137. The van der Waals surface area contributed by atoms with Gasteiger partial charge in [-0.3, -0.25) is 4.79 Å². The maximum atomic E-state index is 12.3. The summed E-state index contributed by atoms with van der Waals surface area (Å²) < 4.78 is 5.06. The maximum absolute atomic E-state index is 12.3. The number of nitrogens with one attached hydrogen (secondary N) is 1. The van der Waals surface area contributed by atoms with Gasteiger partial charge in [-0.15, -0.1) is 0 Å². The fraction of sp³-hybridized carbons (Fsp3) is 0.857. The van der Waals surface area contributed by atoms with Crippen molar-refractivity contribution in [2.24, 2.45) is 5.92 Å². The molecule has 20 heavy (non-hydrogen) atoms. The molecule has 1 aliphatic carbocycles. The van der Waals surface area contributed by atoms with E-state index in [9.17, 15) is 9.59 Å². The Hall–Kier alpha value is -1.30. The van der Waals surface area contributed by atoms with Crippen molar-refractivity contribution in [1.29, 1.82) is 0 Å². The van der Waals surface area contributed by atoms with Gasteiger partial charge < -0.3 is 20.1 Å². The van der Waals surface area contributed by atoms with E-state index < -0.39 is 5.97 Å². The van der Waals surface area contributed by atoms with Crippen LogP contribution >= 0.6 is 0 Å². The molecule has 116 valence electrons. The Bertz CT molecular complexity index is 331. The molecule has 0 saturated heterocycles. The highest BCUT2D eigenvalue weighted by atomic mass is 16.5. The third kappa shape index (κ3) is 5.77. The number of hydrogen-bond acceptors (Lipinski definition) is 3. The van der Waals surface area contributed by atoms with Crippen molar-refractivity contribution in [3.8, 4) is 0 Å². The van der Waals surface area contributed by atoms with E-state index in [-0.39, 0.29) is 24.5 Å². The molecule has 0 aromatic heterocycles. The second-order valence-corrected chi connectivity index (χ2v) is 5.55. The Balaban J connectivity index is 2.46. The van der Waals surface area contributed by atoms with E-state index in [4.69, 9.17) is 9.84 Å². The van der Waals surface area contributed by atoms with Gasteiger partial charge in [-0.05, 0) is 39.0 Å². The topological polar surface area (TPSA) is 78.9 Å². The molecule has 1 saturated carbocycles. The molecule has 0 aliphatic heterocycles. The van der Waals surface area contributed by atoms with Crippen LogP contribution in [0.15, 0.2) is 0 Å². The highest BCUT2D eigenvalue weighted by molar-refractivity contribution is 5.75.